The van der Waals surface area contributed by atoms with Crippen molar-refractivity contribution in [3.8, 4) is 0 Å². The average Bonchev–Trinajstić information content (AvgIpc) is 2.94. The van der Waals surface area contributed by atoms with E-state index in [1.165, 1.54) is 4.48 Å². The molecule has 0 aromatic heterocycles. The van der Waals surface area contributed by atoms with Crippen LogP contribution in [0.2, 0.25) is 0 Å². The first-order chi connectivity index (χ1) is 8.57. The molecule has 1 saturated heterocycles. The standard InChI is InChI=1S/C15H21Br2ClO/c1-12(2)9(16)7-11-14(4,19-11)15(12)6-5-13(3,18)10(17)8-15/h7,10-11H,5-6,8H2,1-4H3/t10-,11+,13-,14+,15?/m0/s1. The van der Waals surface area contributed by atoms with Crippen molar-refractivity contribution in [3.63, 3.8) is 0 Å². The molecule has 19 heavy (non-hydrogen) atoms. The molecule has 5 atom stereocenters. The van der Waals surface area contributed by atoms with E-state index in [9.17, 15) is 0 Å². The predicted molar refractivity (Wildman–Crippen MR) is 87.3 cm³/mol. The summed E-state index contributed by atoms with van der Waals surface area (Å²) >= 11 is 14.3. The number of hydrogen-bond acceptors (Lipinski definition) is 1. The summed E-state index contributed by atoms with van der Waals surface area (Å²) in [4.78, 5) is 0.185. The first-order valence-corrected chi connectivity index (χ1v) is 9.04. The molecule has 0 amide bonds. The van der Waals surface area contributed by atoms with Gasteiger partial charge < -0.3 is 4.74 Å². The minimum atomic E-state index is -0.143. The van der Waals surface area contributed by atoms with E-state index in [0.717, 1.165) is 19.3 Å². The highest BCUT2D eigenvalue weighted by Gasteiger charge is 2.73. The molecule has 0 aromatic carbocycles. The van der Waals surface area contributed by atoms with Crippen LogP contribution < -0.4 is 0 Å². The molecular formula is C15H21Br2ClO. The molecule has 2 aliphatic carbocycles. The Labute approximate surface area is 137 Å². The van der Waals surface area contributed by atoms with Crippen LogP contribution in [0.4, 0.5) is 0 Å². The van der Waals surface area contributed by atoms with E-state index in [2.05, 4.69) is 65.6 Å². The molecule has 1 nitrogen and oxygen atoms in total. The third kappa shape index (κ3) is 1.74. The maximum atomic E-state index is 6.65. The molecule has 4 heteroatoms. The highest BCUT2D eigenvalue weighted by Crippen LogP contribution is 2.71. The second-order valence-electron chi connectivity index (χ2n) is 7.32. The zero-order chi connectivity index (χ0) is 14.3. The molecule has 108 valence electrons. The number of fused-ring (bicyclic) bond motifs is 2. The predicted octanol–water partition coefficient (Wildman–Crippen LogP) is 5.39. The highest BCUT2D eigenvalue weighted by atomic mass is 79.9. The summed E-state index contributed by atoms with van der Waals surface area (Å²) in [6, 6.07) is 0. The summed E-state index contributed by atoms with van der Waals surface area (Å²) < 4.78 is 7.40. The average molecular weight is 413 g/mol. The van der Waals surface area contributed by atoms with Crippen molar-refractivity contribution in [1.29, 1.82) is 0 Å². The van der Waals surface area contributed by atoms with Crippen molar-refractivity contribution >= 4 is 43.5 Å². The minimum absolute atomic E-state index is 0.0207. The van der Waals surface area contributed by atoms with Crippen LogP contribution in [0.15, 0.2) is 10.6 Å². The quantitative estimate of drug-likeness (QED) is 0.384. The molecule has 3 rings (SSSR count). The van der Waals surface area contributed by atoms with E-state index in [4.69, 9.17) is 16.3 Å². The van der Waals surface area contributed by atoms with Crippen LogP contribution in [-0.4, -0.2) is 21.4 Å². The van der Waals surface area contributed by atoms with E-state index in [-0.39, 0.29) is 27.4 Å². The van der Waals surface area contributed by atoms with E-state index >= 15 is 0 Å². The molecule has 2 fully saturated rings. The second-order valence-corrected chi connectivity index (χ2v) is 10.1. The summed E-state index contributed by atoms with van der Waals surface area (Å²) in [6.45, 7) is 9.11. The first-order valence-electron chi connectivity index (χ1n) is 6.95. The zero-order valence-electron chi connectivity index (χ0n) is 11.9. The Hall–Kier alpha value is 0.950. The lowest BCUT2D eigenvalue weighted by Crippen LogP contribution is -2.57. The van der Waals surface area contributed by atoms with E-state index in [0.29, 0.717) is 4.83 Å². The van der Waals surface area contributed by atoms with Gasteiger partial charge in [0.05, 0.1) is 4.87 Å². The summed E-state index contributed by atoms with van der Waals surface area (Å²) in [7, 11) is 0. The fourth-order valence-corrected chi connectivity index (χ4v) is 5.82. The summed E-state index contributed by atoms with van der Waals surface area (Å²) in [5.74, 6) is 0. The van der Waals surface area contributed by atoms with E-state index < -0.39 is 0 Å². The van der Waals surface area contributed by atoms with Gasteiger partial charge in [0.25, 0.3) is 0 Å². The van der Waals surface area contributed by atoms with Gasteiger partial charge in [0, 0.05) is 20.1 Å². The number of alkyl halides is 2. The van der Waals surface area contributed by atoms with Crippen molar-refractivity contribution in [1.82, 2.24) is 0 Å². The molecule has 1 spiro atoms. The Balaban J connectivity index is 2.06. The number of halogens is 3. The number of hydrogen-bond donors (Lipinski definition) is 0. The van der Waals surface area contributed by atoms with Gasteiger partial charge in [-0.3, -0.25) is 0 Å². The lowest BCUT2D eigenvalue weighted by atomic mass is 9.49. The van der Waals surface area contributed by atoms with Crippen molar-refractivity contribution in [2.45, 2.75) is 68.4 Å². The van der Waals surface area contributed by atoms with Crippen LogP contribution in [0.1, 0.15) is 47.0 Å². The fourth-order valence-electron chi connectivity index (χ4n) is 4.25. The maximum absolute atomic E-state index is 6.65. The zero-order valence-corrected chi connectivity index (χ0v) is 15.8. The van der Waals surface area contributed by atoms with Crippen molar-refractivity contribution in [3.05, 3.63) is 10.6 Å². The van der Waals surface area contributed by atoms with Gasteiger partial charge >= 0.3 is 0 Å². The molecule has 1 heterocycles. The molecule has 0 radical (unpaired) electrons. The van der Waals surface area contributed by atoms with Gasteiger partial charge in [-0.2, -0.15) is 0 Å². The lowest BCUT2D eigenvalue weighted by Gasteiger charge is -2.57. The minimum Gasteiger partial charge on any atom is -0.361 e. The van der Waals surface area contributed by atoms with Gasteiger partial charge in [0.15, 0.2) is 0 Å². The van der Waals surface area contributed by atoms with Crippen molar-refractivity contribution < 1.29 is 4.74 Å². The third-order valence-electron chi connectivity index (χ3n) is 6.12. The Morgan fingerprint density at radius 1 is 1.26 bits per heavy atom. The van der Waals surface area contributed by atoms with E-state index in [1.54, 1.807) is 0 Å². The summed E-state index contributed by atoms with van der Waals surface area (Å²) in [6.07, 6.45) is 5.74. The Morgan fingerprint density at radius 2 is 1.89 bits per heavy atom. The van der Waals surface area contributed by atoms with Crippen LogP contribution in [0.25, 0.3) is 0 Å². The summed E-state index contributed by atoms with van der Waals surface area (Å²) in [5.41, 5.74) is 0.224. The Kier molecular flexibility index (Phi) is 3.15. The molecule has 1 unspecified atom stereocenters. The third-order valence-corrected chi connectivity index (χ3v) is 9.43. The molecule has 1 aliphatic heterocycles. The number of ether oxygens (including phenoxy) is 1. The topological polar surface area (TPSA) is 12.5 Å². The van der Waals surface area contributed by atoms with Crippen LogP contribution in [-0.2, 0) is 4.74 Å². The van der Waals surface area contributed by atoms with Crippen LogP contribution in [0.3, 0.4) is 0 Å². The van der Waals surface area contributed by atoms with Gasteiger partial charge in [0.2, 0.25) is 0 Å². The first kappa shape index (κ1) is 14.9. The Bertz CT molecular complexity index is 459. The van der Waals surface area contributed by atoms with Crippen LogP contribution >= 0.6 is 43.5 Å². The second kappa shape index (κ2) is 4.02. The monoisotopic (exact) mass is 410 g/mol. The SMILES string of the molecule is CC1(C)C(Br)=C[C@H]2O[C@@]2(C)C12CC[C@](C)(Cl)[C@@H](Br)C2. The smallest absolute Gasteiger partial charge is 0.107 e. The number of epoxide rings is 1. The Morgan fingerprint density at radius 3 is 2.47 bits per heavy atom. The van der Waals surface area contributed by atoms with Crippen LogP contribution in [0.5, 0.6) is 0 Å². The molecule has 0 N–H and O–H groups in total. The highest BCUT2D eigenvalue weighted by molar-refractivity contribution is 9.11. The summed E-state index contributed by atoms with van der Waals surface area (Å²) in [5, 5.41) is 0. The van der Waals surface area contributed by atoms with Crippen molar-refractivity contribution in [2.75, 3.05) is 0 Å². The lowest BCUT2D eigenvalue weighted by molar-refractivity contribution is -0.0251. The molecule has 1 saturated carbocycles. The number of allylic oxidation sites excluding steroid dienone is 1. The normalized spacial score (nSPS) is 55.6. The molecular weight excluding hydrogens is 391 g/mol. The van der Waals surface area contributed by atoms with Gasteiger partial charge in [0.1, 0.15) is 11.7 Å². The molecule has 0 bridgehead atoms. The molecule has 3 aliphatic rings. The molecule has 0 aromatic rings. The number of rotatable bonds is 0. The fraction of sp³-hybridized carbons (Fsp3) is 0.867. The van der Waals surface area contributed by atoms with Gasteiger partial charge in [-0.25, -0.2) is 0 Å². The van der Waals surface area contributed by atoms with Gasteiger partial charge in [-0.05, 0) is 39.2 Å². The van der Waals surface area contributed by atoms with Gasteiger partial charge in [-0.15, -0.1) is 11.6 Å². The maximum Gasteiger partial charge on any atom is 0.107 e. The van der Waals surface area contributed by atoms with E-state index in [1.807, 2.05) is 0 Å². The van der Waals surface area contributed by atoms with Gasteiger partial charge in [-0.1, -0.05) is 45.7 Å². The van der Waals surface area contributed by atoms with Crippen LogP contribution in [0, 0.1) is 10.8 Å². The largest absolute Gasteiger partial charge is 0.361 e. The van der Waals surface area contributed by atoms with Crippen molar-refractivity contribution in [2.24, 2.45) is 10.8 Å².